The lowest BCUT2D eigenvalue weighted by atomic mass is 10.0. The van der Waals surface area contributed by atoms with Crippen LogP contribution in [0.5, 0.6) is 0 Å². The normalized spacial score (nSPS) is 11.0. The number of hydrogen-bond donors (Lipinski definition) is 0. The van der Waals surface area contributed by atoms with Gasteiger partial charge in [-0.15, -0.1) is 0 Å². The van der Waals surface area contributed by atoms with E-state index in [4.69, 9.17) is 0 Å². The van der Waals surface area contributed by atoms with Crippen LogP contribution in [0, 0.1) is 5.82 Å². The molecule has 0 aliphatic carbocycles. The first-order valence-electron chi connectivity index (χ1n) is 6.18. The SMILES string of the molecule is Cn1ncc(-c2ccc(F)cc2)c2c(=O)n(C)c(=O)nc1-2. The molecule has 7 heteroatoms. The zero-order valence-electron chi connectivity index (χ0n) is 11.4. The number of aromatic nitrogens is 4. The Morgan fingerprint density at radius 1 is 1.10 bits per heavy atom. The molecule has 0 fully saturated rings. The zero-order valence-corrected chi connectivity index (χ0v) is 11.4. The molecule has 0 aromatic heterocycles. The fourth-order valence-corrected chi connectivity index (χ4v) is 2.15. The van der Waals surface area contributed by atoms with Gasteiger partial charge in [0.05, 0.1) is 11.8 Å². The number of nitrogens with zero attached hydrogens (tertiary/aromatic N) is 4. The summed E-state index contributed by atoms with van der Waals surface area (Å²) in [5, 5.41) is 4.09. The van der Waals surface area contributed by atoms with E-state index >= 15 is 0 Å². The Balaban J connectivity index is 2.43. The summed E-state index contributed by atoms with van der Waals surface area (Å²) in [5.74, 6) is -0.171. The van der Waals surface area contributed by atoms with Crippen molar-refractivity contribution in [3.8, 4) is 22.5 Å². The van der Waals surface area contributed by atoms with Gasteiger partial charge in [0.1, 0.15) is 5.82 Å². The minimum absolute atomic E-state index is 0.199. The summed E-state index contributed by atoms with van der Waals surface area (Å²) in [7, 11) is 2.97. The Morgan fingerprint density at radius 3 is 2.43 bits per heavy atom. The van der Waals surface area contributed by atoms with E-state index < -0.39 is 11.2 Å². The Morgan fingerprint density at radius 2 is 1.76 bits per heavy atom. The van der Waals surface area contributed by atoms with Crippen molar-refractivity contribution in [2.24, 2.45) is 14.1 Å². The van der Waals surface area contributed by atoms with E-state index in [9.17, 15) is 14.0 Å². The maximum atomic E-state index is 13.0. The van der Waals surface area contributed by atoms with Crippen LogP contribution in [-0.2, 0) is 14.1 Å². The van der Waals surface area contributed by atoms with E-state index in [0.29, 0.717) is 11.1 Å². The topological polar surface area (TPSA) is 69.8 Å². The molecule has 21 heavy (non-hydrogen) atoms. The molecule has 0 saturated carbocycles. The molecule has 0 spiro atoms. The quantitative estimate of drug-likeness (QED) is 0.663. The largest absolute Gasteiger partial charge is 0.352 e. The first-order valence-corrected chi connectivity index (χ1v) is 6.18. The Hall–Kier alpha value is -2.83. The highest BCUT2D eigenvalue weighted by atomic mass is 19.1. The highest BCUT2D eigenvalue weighted by Crippen LogP contribution is 2.27. The molecule has 2 aliphatic rings. The predicted octanol–water partition coefficient (Wildman–Crippen LogP) is 0.785. The van der Waals surface area contributed by atoms with Crippen molar-refractivity contribution in [1.29, 1.82) is 0 Å². The summed E-state index contributed by atoms with van der Waals surface area (Å²) < 4.78 is 15.3. The Bertz CT molecular complexity index is 912. The number of benzene rings is 1. The average molecular weight is 286 g/mol. The third kappa shape index (κ3) is 2.03. The first-order chi connectivity index (χ1) is 9.99. The van der Waals surface area contributed by atoms with Gasteiger partial charge in [-0.05, 0) is 17.7 Å². The van der Waals surface area contributed by atoms with E-state index in [1.165, 1.54) is 30.1 Å². The Kier molecular flexibility index (Phi) is 2.90. The molecular weight excluding hydrogens is 275 g/mol. The lowest BCUT2D eigenvalue weighted by Crippen LogP contribution is -2.36. The van der Waals surface area contributed by atoms with Gasteiger partial charge in [0.2, 0.25) is 0 Å². The van der Waals surface area contributed by atoms with Crippen LogP contribution in [0.3, 0.4) is 0 Å². The molecule has 6 nitrogen and oxygen atoms in total. The van der Waals surface area contributed by atoms with Gasteiger partial charge in [0.25, 0.3) is 5.56 Å². The van der Waals surface area contributed by atoms with Crippen molar-refractivity contribution in [3.63, 3.8) is 0 Å². The van der Waals surface area contributed by atoms with E-state index in [1.807, 2.05) is 0 Å². The van der Waals surface area contributed by atoms with Crippen molar-refractivity contribution in [2.75, 3.05) is 0 Å². The molecule has 1 aromatic rings. The van der Waals surface area contributed by atoms with Gasteiger partial charge in [-0.1, -0.05) is 12.1 Å². The van der Waals surface area contributed by atoms with E-state index in [-0.39, 0.29) is 17.2 Å². The van der Waals surface area contributed by atoms with Crippen LogP contribution in [0.4, 0.5) is 4.39 Å². The van der Waals surface area contributed by atoms with E-state index in [2.05, 4.69) is 10.1 Å². The van der Waals surface area contributed by atoms with Crippen molar-refractivity contribution in [1.82, 2.24) is 19.3 Å². The molecule has 2 heterocycles. The monoisotopic (exact) mass is 286 g/mol. The summed E-state index contributed by atoms with van der Waals surface area (Å²) in [6.45, 7) is 0. The number of fused-ring (bicyclic) bond motifs is 1. The van der Waals surface area contributed by atoms with Crippen LogP contribution in [-0.4, -0.2) is 19.3 Å². The Labute approximate surface area is 118 Å². The maximum Gasteiger partial charge on any atom is 0.352 e. The molecule has 106 valence electrons. The van der Waals surface area contributed by atoms with Crippen LogP contribution in [0.2, 0.25) is 0 Å². The maximum absolute atomic E-state index is 13.0. The average Bonchev–Trinajstić information content (AvgIpc) is 2.47. The fourth-order valence-electron chi connectivity index (χ4n) is 2.15. The van der Waals surface area contributed by atoms with Gasteiger partial charge >= 0.3 is 5.69 Å². The zero-order chi connectivity index (χ0) is 15.1. The molecule has 0 unspecified atom stereocenters. The second-order valence-electron chi connectivity index (χ2n) is 4.65. The molecule has 2 aliphatic heterocycles. The summed E-state index contributed by atoms with van der Waals surface area (Å²) in [6.07, 6.45) is 1.50. The highest BCUT2D eigenvalue weighted by Gasteiger charge is 2.20. The molecule has 0 radical (unpaired) electrons. The number of aryl methyl sites for hydroxylation is 1. The lowest BCUT2D eigenvalue weighted by Gasteiger charge is -2.13. The number of rotatable bonds is 1. The number of hydrogen-bond acceptors (Lipinski definition) is 4. The molecule has 0 saturated heterocycles. The van der Waals surface area contributed by atoms with Crippen molar-refractivity contribution < 1.29 is 4.39 Å². The van der Waals surface area contributed by atoms with E-state index in [0.717, 1.165) is 4.57 Å². The van der Waals surface area contributed by atoms with Crippen molar-refractivity contribution in [3.05, 3.63) is 57.1 Å². The summed E-state index contributed by atoms with van der Waals surface area (Å²) >= 11 is 0. The molecule has 0 amide bonds. The minimum Gasteiger partial charge on any atom is -0.268 e. The fraction of sp³-hybridized carbons (Fsp3) is 0.143. The van der Waals surface area contributed by atoms with Gasteiger partial charge in [0, 0.05) is 19.7 Å². The van der Waals surface area contributed by atoms with Gasteiger partial charge in [-0.3, -0.25) is 14.0 Å². The van der Waals surface area contributed by atoms with E-state index in [1.54, 1.807) is 19.2 Å². The second-order valence-corrected chi connectivity index (χ2v) is 4.65. The molecule has 3 rings (SSSR count). The molecule has 1 aromatic carbocycles. The van der Waals surface area contributed by atoms with Crippen LogP contribution in [0.1, 0.15) is 0 Å². The smallest absolute Gasteiger partial charge is 0.268 e. The minimum atomic E-state index is -0.638. The van der Waals surface area contributed by atoms with Crippen LogP contribution in [0.15, 0.2) is 40.1 Å². The first kappa shape index (κ1) is 13.2. The van der Waals surface area contributed by atoms with Gasteiger partial charge < -0.3 is 0 Å². The van der Waals surface area contributed by atoms with Crippen molar-refractivity contribution >= 4 is 0 Å². The third-order valence-corrected chi connectivity index (χ3v) is 3.32. The van der Waals surface area contributed by atoms with Gasteiger partial charge in [-0.25, -0.2) is 9.18 Å². The second kappa shape index (κ2) is 4.62. The highest BCUT2D eigenvalue weighted by molar-refractivity contribution is 5.79. The van der Waals surface area contributed by atoms with Crippen LogP contribution in [0.25, 0.3) is 22.5 Å². The predicted molar refractivity (Wildman–Crippen MR) is 74.5 cm³/mol. The number of halogens is 1. The summed E-state index contributed by atoms with van der Waals surface area (Å²) in [5.41, 5.74) is 0.327. The molecular formula is C14H11FN4O2. The third-order valence-electron chi connectivity index (χ3n) is 3.32. The summed E-state index contributed by atoms with van der Waals surface area (Å²) in [4.78, 5) is 27.9. The van der Waals surface area contributed by atoms with Gasteiger partial charge in [0.15, 0.2) is 5.82 Å². The van der Waals surface area contributed by atoms with Gasteiger partial charge in [-0.2, -0.15) is 10.1 Å². The van der Waals surface area contributed by atoms with Crippen molar-refractivity contribution in [2.45, 2.75) is 0 Å². The molecule has 0 bridgehead atoms. The molecule has 0 N–H and O–H groups in total. The lowest BCUT2D eigenvalue weighted by molar-refractivity contribution is 0.628. The standard InChI is InChI=1S/C14H11FN4O2/c1-18-13(20)11-10(8-3-5-9(15)6-4-8)7-16-19(2)12(11)17-14(18)21/h3-7H,1-2H3. The summed E-state index contributed by atoms with van der Waals surface area (Å²) in [6, 6.07) is 5.70. The molecule has 0 atom stereocenters. The van der Waals surface area contributed by atoms with Crippen LogP contribution < -0.4 is 11.2 Å². The van der Waals surface area contributed by atoms with Crippen LogP contribution >= 0.6 is 0 Å².